The molecule has 1 saturated heterocycles. The van der Waals surface area contributed by atoms with Gasteiger partial charge in [-0.1, -0.05) is 5.59 Å². The van der Waals surface area contributed by atoms with Crippen LogP contribution in [0.4, 0.5) is 0 Å². The van der Waals surface area contributed by atoms with E-state index in [9.17, 15) is 8.42 Å². The van der Waals surface area contributed by atoms with Crippen molar-refractivity contribution in [2.24, 2.45) is 5.14 Å². The zero-order valence-corrected chi connectivity index (χ0v) is 8.98. The fourth-order valence-electron chi connectivity index (χ4n) is 1.84. The molecule has 2 rings (SSSR count). The molecule has 1 fully saturated rings. The van der Waals surface area contributed by atoms with Gasteiger partial charge in [0.1, 0.15) is 12.4 Å². The van der Waals surface area contributed by atoms with Gasteiger partial charge in [-0.05, 0) is 19.3 Å². The predicted molar refractivity (Wildman–Crippen MR) is 52.7 cm³/mol. The van der Waals surface area contributed by atoms with Gasteiger partial charge in [0.05, 0.1) is 6.20 Å². The molecule has 8 heteroatoms. The molecule has 0 radical (unpaired) electrons. The lowest BCUT2D eigenvalue weighted by molar-refractivity contribution is -0.0314. The van der Waals surface area contributed by atoms with Crippen LogP contribution in [-0.2, 0) is 15.0 Å². The first-order valence-corrected chi connectivity index (χ1v) is 6.25. The Bertz CT molecular complexity index is 355. The van der Waals surface area contributed by atoms with Gasteiger partial charge in [-0.2, -0.15) is 12.7 Å². The molecule has 3 N–H and O–H groups in total. The zero-order chi connectivity index (χ0) is 10.9. The van der Waals surface area contributed by atoms with Crippen LogP contribution in [0.5, 0.6) is 0 Å². The van der Waals surface area contributed by atoms with Gasteiger partial charge in [0.15, 0.2) is 0 Å². The highest BCUT2D eigenvalue weighted by atomic mass is 32.2. The normalized spacial score (nSPS) is 28.1. The van der Waals surface area contributed by atoms with Crippen molar-refractivity contribution in [1.82, 2.24) is 14.9 Å². The van der Waals surface area contributed by atoms with E-state index in [-0.39, 0.29) is 6.17 Å². The lowest BCUT2D eigenvalue weighted by Gasteiger charge is -2.37. The summed E-state index contributed by atoms with van der Waals surface area (Å²) < 4.78 is 24.0. The van der Waals surface area contributed by atoms with E-state index >= 15 is 0 Å². The van der Waals surface area contributed by atoms with Gasteiger partial charge in [-0.15, -0.1) is 0 Å². The van der Waals surface area contributed by atoms with Crippen molar-refractivity contribution >= 4 is 10.2 Å². The van der Waals surface area contributed by atoms with E-state index in [1.54, 1.807) is 11.2 Å². The molecule has 15 heavy (non-hydrogen) atoms. The summed E-state index contributed by atoms with van der Waals surface area (Å²) >= 11 is 0. The number of piperidine rings is 1. The van der Waals surface area contributed by atoms with Gasteiger partial charge in [-0.25, -0.2) is 5.14 Å². The summed E-state index contributed by atoms with van der Waals surface area (Å²) in [6.45, 7) is 0.454. The van der Waals surface area contributed by atoms with Gasteiger partial charge in [-0.3, -0.25) is 5.01 Å². The van der Waals surface area contributed by atoms with Crippen LogP contribution < -0.4 is 10.7 Å². The maximum atomic E-state index is 11.3. The van der Waals surface area contributed by atoms with Gasteiger partial charge in [0.25, 0.3) is 10.2 Å². The number of nitrogens with two attached hydrogens (primary N) is 1. The third-order valence-corrected chi connectivity index (χ3v) is 3.60. The molecule has 7 nitrogen and oxygen atoms in total. The number of rotatable bonds is 2. The molecule has 0 spiro atoms. The molecule has 0 aliphatic carbocycles. The van der Waals surface area contributed by atoms with Gasteiger partial charge < -0.3 is 4.84 Å². The van der Waals surface area contributed by atoms with Crippen molar-refractivity contribution in [2.75, 3.05) is 6.54 Å². The summed E-state index contributed by atoms with van der Waals surface area (Å²) in [6.07, 6.45) is 5.35. The topological polar surface area (TPSA) is 87.9 Å². The first kappa shape index (κ1) is 10.7. The molecule has 2 aliphatic heterocycles. The quantitative estimate of drug-likeness (QED) is 0.654. The standard InChI is InChI=1S/C7H14N4O3S/c8-15(12,13)11-4-2-1-3-7(11)10-5-6-14-9-10/h5-7,9H,1-4H2,(H2,8,12,13). The fourth-order valence-corrected chi connectivity index (χ4v) is 2.77. The van der Waals surface area contributed by atoms with Gasteiger partial charge >= 0.3 is 0 Å². The molecule has 0 aromatic rings. The minimum absolute atomic E-state index is 0.299. The molecule has 0 aromatic heterocycles. The lowest BCUT2D eigenvalue weighted by atomic mass is 10.1. The summed E-state index contributed by atoms with van der Waals surface area (Å²) in [5.74, 6) is 0. The first-order chi connectivity index (χ1) is 7.09. The molecule has 0 amide bonds. The predicted octanol–water partition coefficient (Wildman–Crippen LogP) is -0.775. The Kier molecular flexibility index (Phi) is 2.83. The van der Waals surface area contributed by atoms with Crippen molar-refractivity contribution in [3.63, 3.8) is 0 Å². The third-order valence-electron chi connectivity index (χ3n) is 2.52. The van der Waals surface area contributed by atoms with E-state index in [1.807, 2.05) is 0 Å². The number of nitrogens with one attached hydrogen (secondary N) is 1. The van der Waals surface area contributed by atoms with Crippen molar-refractivity contribution < 1.29 is 13.3 Å². The lowest BCUT2D eigenvalue weighted by Crippen LogP contribution is -2.55. The molecule has 0 aromatic carbocycles. The minimum atomic E-state index is -3.65. The summed E-state index contributed by atoms with van der Waals surface area (Å²) in [6, 6.07) is 0. The average molecular weight is 234 g/mol. The van der Waals surface area contributed by atoms with Crippen molar-refractivity contribution in [3.05, 3.63) is 12.5 Å². The average Bonchev–Trinajstić information content (AvgIpc) is 2.69. The first-order valence-electron chi connectivity index (χ1n) is 4.75. The van der Waals surface area contributed by atoms with Crippen LogP contribution in [0.1, 0.15) is 19.3 Å². The second kappa shape index (κ2) is 3.97. The molecule has 0 saturated carbocycles. The highest BCUT2D eigenvalue weighted by Gasteiger charge is 2.34. The van der Waals surface area contributed by atoms with E-state index < -0.39 is 10.2 Å². The molecule has 1 unspecified atom stereocenters. The van der Waals surface area contributed by atoms with Crippen molar-refractivity contribution in [1.29, 1.82) is 0 Å². The Morgan fingerprint density at radius 2 is 2.27 bits per heavy atom. The van der Waals surface area contributed by atoms with Crippen LogP contribution in [-0.4, -0.2) is 30.4 Å². The molecular formula is C7H14N4O3S. The summed E-state index contributed by atoms with van der Waals surface area (Å²) in [7, 11) is -3.65. The molecule has 1 atom stereocenters. The highest BCUT2D eigenvalue weighted by Crippen LogP contribution is 2.22. The van der Waals surface area contributed by atoms with E-state index in [0.29, 0.717) is 6.54 Å². The Labute approximate surface area is 88.6 Å². The van der Waals surface area contributed by atoms with Crippen LogP contribution in [0.2, 0.25) is 0 Å². The molecular weight excluding hydrogens is 220 g/mol. The molecule has 2 aliphatic rings. The Morgan fingerprint density at radius 1 is 1.47 bits per heavy atom. The second-order valence-corrected chi connectivity index (χ2v) is 5.03. The second-order valence-electron chi connectivity index (χ2n) is 3.53. The van der Waals surface area contributed by atoms with Crippen LogP contribution in [0, 0.1) is 0 Å². The molecule has 2 heterocycles. The van der Waals surface area contributed by atoms with Crippen LogP contribution in [0.25, 0.3) is 0 Å². The summed E-state index contributed by atoms with van der Waals surface area (Å²) in [5.41, 5.74) is 2.59. The molecule has 86 valence electrons. The smallest absolute Gasteiger partial charge is 0.278 e. The number of hydrogen-bond donors (Lipinski definition) is 2. The summed E-state index contributed by atoms with van der Waals surface area (Å²) in [5, 5.41) is 6.75. The monoisotopic (exact) mass is 234 g/mol. The zero-order valence-electron chi connectivity index (χ0n) is 8.17. The number of hydrogen-bond acceptors (Lipinski definition) is 5. The van der Waals surface area contributed by atoms with Crippen molar-refractivity contribution in [3.8, 4) is 0 Å². The number of nitrogens with zero attached hydrogens (tertiary/aromatic N) is 2. The molecule has 0 bridgehead atoms. The Morgan fingerprint density at radius 3 is 2.87 bits per heavy atom. The highest BCUT2D eigenvalue weighted by molar-refractivity contribution is 7.86. The van der Waals surface area contributed by atoms with Crippen LogP contribution in [0.15, 0.2) is 12.5 Å². The fraction of sp³-hybridized carbons (Fsp3) is 0.714. The third kappa shape index (κ3) is 2.23. The van der Waals surface area contributed by atoms with E-state index in [1.165, 1.54) is 10.6 Å². The maximum Gasteiger partial charge on any atom is 0.278 e. The summed E-state index contributed by atoms with van der Waals surface area (Å²) in [4.78, 5) is 4.80. The van der Waals surface area contributed by atoms with E-state index in [2.05, 4.69) is 5.59 Å². The SMILES string of the molecule is NS(=O)(=O)N1CCCCC1N1C=CON1. The van der Waals surface area contributed by atoms with Crippen LogP contribution in [0.3, 0.4) is 0 Å². The van der Waals surface area contributed by atoms with E-state index in [0.717, 1.165) is 19.3 Å². The largest absolute Gasteiger partial charge is 0.395 e. The van der Waals surface area contributed by atoms with E-state index in [4.69, 9.17) is 9.98 Å². The minimum Gasteiger partial charge on any atom is -0.395 e. The Balaban J connectivity index is 2.16. The number of hydrazine groups is 1. The van der Waals surface area contributed by atoms with Crippen molar-refractivity contribution in [2.45, 2.75) is 25.4 Å². The van der Waals surface area contributed by atoms with Gasteiger partial charge in [0, 0.05) is 6.54 Å². The maximum absolute atomic E-state index is 11.3. The van der Waals surface area contributed by atoms with Gasteiger partial charge in [0.2, 0.25) is 0 Å². The Hall–Kier alpha value is -0.830. The van der Waals surface area contributed by atoms with Crippen LogP contribution >= 0.6 is 0 Å².